The lowest BCUT2D eigenvalue weighted by molar-refractivity contribution is -0.134. The van der Waals surface area contributed by atoms with Crippen LogP contribution in [0.15, 0.2) is 0 Å². The lowest BCUT2D eigenvalue weighted by Crippen LogP contribution is -2.59. The fourth-order valence-corrected chi connectivity index (χ4v) is 5.51. The topological polar surface area (TPSA) is 85.1 Å². The quantitative estimate of drug-likeness (QED) is 0.605. The summed E-state index contributed by atoms with van der Waals surface area (Å²) in [5.74, 6) is 1.17. The van der Waals surface area contributed by atoms with Crippen molar-refractivity contribution in [2.75, 3.05) is 52.1 Å². The fourth-order valence-electron chi connectivity index (χ4n) is 4.05. The van der Waals surface area contributed by atoms with Gasteiger partial charge in [-0.1, -0.05) is 13.8 Å². The summed E-state index contributed by atoms with van der Waals surface area (Å²) >= 11 is 1.92. The number of aliphatic hydroxyl groups excluding tert-OH is 1. The number of nitrogens with zero attached hydrogens (tertiary/aromatic N) is 3. The predicted molar refractivity (Wildman–Crippen MR) is 106 cm³/mol. The molecule has 0 aromatic heterocycles. The summed E-state index contributed by atoms with van der Waals surface area (Å²) in [4.78, 5) is 18.9. The van der Waals surface area contributed by atoms with Gasteiger partial charge in [0, 0.05) is 45.0 Å². The number of thioether (sulfide) groups is 1. The Morgan fingerprint density at radius 3 is 2.38 bits per heavy atom. The van der Waals surface area contributed by atoms with Crippen LogP contribution in [-0.4, -0.2) is 101 Å². The number of piperazine rings is 1. The van der Waals surface area contributed by atoms with Gasteiger partial charge < -0.3 is 20.6 Å². The van der Waals surface area contributed by atoms with E-state index in [1.165, 1.54) is 0 Å². The van der Waals surface area contributed by atoms with Crippen LogP contribution < -0.4 is 11.1 Å². The molecule has 0 radical (unpaired) electrons. The van der Waals surface area contributed by atoms with Gasteiger partial charge in [-0.25, -0.2) is 0 Å². The zero-order chi connectivity index (χ0) is 18.9. The number of nitrogens with one attached hydrogen (secondary N) is 1. The molecule has 1 unspecified atom stereocenters. The number of nitrogens with two attached hydrogens (primary N) is 1. The fraction of sp³-hybridized carbons (Fsp3) is 0.944. The minimum atomic E-state index is -0.426. The molecule has 1 amide bonds. The number of piperidine rings is 1. The van der Waals surface area contributed by atoms with Crippen LogP contribution in [0.2, 0.25) is 0 Å². The molecule has 26 heavy (non-hydrogen) atoms. The standard InChI is InChI=1S/C18H35N5O2S/c1-13(2)15(19)17(25)22-6-4-18(5-7-22)20-14(12-26-18)16(24)23-10-8-21(3)9-11-23/h13-16,20,24H,4-12,19H2,1-3H3/t14-,15-,16?/m0/s1. The van der Waals surface area contributed by atoms with Crippen molar-refractivity contribution < 1.29 is 9.90 Å². The SMILES string of the molecule is CC(C)[C@H](N)C(=O)N1CCC2(CC1)N[C@H](C(O)N1CCN(C)CC1)CS2. The first-order valence-corrected chi connectivity index (χ1v) is 10.9. The zero-order valence-electron chi connectivity index (χ0n) is 16.4. The molecule has 0 aromatic carbocycles. The third-order valence-electron chi connectivity index (χ3n) is 6.15. The number of hydrogen-bond acceptors (Lipinski definition) is 7. The summed E-state index contributed by atoms with van der Waals surface area (Å²) in [7, 11) is 2.13. The molecule has 0 aliphatic carbocycles. The number of hydrogen-bond donors (Lipinski definition) is 3. The number of aliphatic hydroxyl groups is 1. The predicted octanol–water partition coefficient (Wildman–Crippen LogP) is -0.441. The van der Waals surface area contributed by atoms with Crippen molar-refractivity contribution in [3.63, 3.8) is 0 Å². The van der Waals surface area contributed by atoms with Crippen LogP contribution in [0.3, 0.4) is 0 Å². The van der Waals surface area contributed by atoms with Crippen molar-refractivity contribution in [1.29, 1.82) is 0 Å². The van der Waals surface area contributed by atoms with Crippen molar-refractivity contribution >= 4 is 17.7 Å². The Morgan fingerprint density at radius 2 is 1.81 bits per heavy atom. The molecule has 8 heteroatoms. The first-order valence-electron chi connectivity index (χ1n) is 9.88. The largest absolute Gasteiger partial charge is 0.377 e. The summed E-state index contributed by atoms with van der Waals surface area (Å²) in [6.07, 6.45) is 1.41. The van der Waals surface area contributed by atoms with Gasteiger partial charge in [-0.3, -0.25) is 15.0 Å². The van der Waals surface area contributed by atoms with Crippen LogP contribution in [0.1, 0.15) is 26.7 Å². The minimum Gasteiger partial charge on any atom is -0.377 e. The lowest BCUT2D eigenvalue weighted by Gasteiger charge is -2.41. The molecule has 0 aromatic rings. The van der Waals surface area contributed by atoms with Crippen LogP contribution in [0.25, 0.3) is 0 Å². The summed E-state index contributed by atoms with van der Waals surface area (Å²) in [6.45, 7) is 9.34. The number of amides is 1. The minimum absolute atomic E-state index is 0.00304. The molecule has 3 aliphatic heterocycles. The Balaban J connectivity index is 1.50. The average Bonchev–Trinajstić information content (AvgIpc) is 3.04. The van der Waals surface area contributed by atoms with Gasteiger partial charge >= 0.3 is 0 Å². The molecule has 0 bridgehead atoms. The Kier molecular flexibility index (Phi) is 6.52. The van der Waals surface area contributed by atoms with E-state index in [0.29, 0.717) is 0 Å². The molecule has 3 rings (SSSR count). The number of likely N-dealkylation sites (N-methyl/N-ethyl adjacent to an activating group) is 1. The second-order valence-corrected chi connectivity index (χ2v) is 9.81. The summed E-state index contributed by atoms with van der Waals surface area (Å²) in [5.41, 5.74) is 6.04. The van der Waals surface area contributed by atoms with E-state index in [1.807, 2.05) is 30.5 Å². The van der Waals surface area contributed by atoms with Crippen LogP contribution in [0.4, 0.5) is 0 Å². The van der Waals surface area contributed by atoms with Gasteiger partial charge in [0.15, 0.2) is 0 Å². The maximum absolute atomic E-state index is 12.5. The van der Waals surface area contributed by atoms with E-state index in [1.54, 1.807) is 0 Å². The summed E-state index contributed by atoms with van der Waals surface area (Å²) < 4.78 is 0. The van der Waals surface area contributed by atoms with Crippen molar-refractivity contribution in [2.24, 2.45) is 11.7 Å². The number of rotatable bonds is 4. The summed E-state index contributed by atoms with van der Waals surface area (Å²) in [5, 5.41) is 14.5. The van der Waals surface area contributed by atoms with Gasteiger partial charge in [0.25, 0.3) is 0 Å². The Bertz CT molecular complexity index is 490. The van der Waals surface area contributed by atoms with Crippen LogP contribution >= 0.6 is 11.8 Å². The molecular weight excluding hydrogens is 350 g/mol. The van der Waals surface area contributed by atoms with Crippen LogP contribution in [0.5, 0.6) is 0 Å². The van der Waals surface area contributed by atoms with Crippen molar-refractivity contribution in [3.05, 3.63) is 0 Å². The third kappa shape index (κ3) is 4.36. The normalized spacial score (nSPS) is 30.1. The molecule has 1 spiro atoms. The van der Waals surface area contributed by atoms with Gasteiger partial charge in [-0.05, 0) is 25.8 Å². The highest BCUT2D eigenvalue weighted by atomic mass is 32.2. The third-order valence-corrected chi connectivity index (χ3v) is 7.75. The number of carbonyl (C=O) groups is 1. The first kappa shape index (κ1) is 20.4. The molecular formula is C18H35N5O2S. The van der Waals surface area contributed by atoms with Crippen molar-refractivity contribution in [2.45, 2.75) is 49.9 Å². The molecule has 3 saturated heterocycles. The monoisotopic (exact) mass is 385 g/mol. The molecule has 3 heterocycles. The second kappa shape index (κ2) is 8.32. The van der Waals surface area contributed by atoms with E-state index in [-0.39, 0.29) is 22.7 Å². The number of likely N-dealkylation sites (tertiary alicyclic amines) is 1. The highest BCUT2D eigenvalue weighted by Gasteiger charge is 2.45. The van der Waals surface area contributed by atoms with Gasteiger partial charge in [-0.15, -0.1) is 11.8 Å². The van der Waals surface area contributed by atoms with Crippen molar-refractivity contribution in [3.8, 4) is 0 Å². The molecule has 3 atom stereocenters. The summed E-state index contributed by atoms with van der Waals surface area (Å²) in [6, 6.07) is -0.302. The van der Waals surface area contributed by atoms with E-state index < -0.39 is 12.3 Å². The maximum Gasteiger partial charge on any atom is 0.239 e. The smallest absolute Gasteiger partial charge is 0.239 e. The highest BCUT2D eigenvalue weighted by molar-refractivity contribution is 8.00. The average molecular weight is 386 g/mol. The molecule has 7 nitrogen and oxygen atoms in total. The highest BCUT2D eigenvalue weighted by Crippen LogP contribution is 2.40. The van der Waals surface area contributed by atoms with E-state index in [4.69, 9.17) is 5.73 Å². The molecule has 0 saturated carbocycles. The lowest BCUT2D eigenvalue weighted by atomic mass is 9.99. The van der Waals surface area contributed by atoms with E-state index in [2.05, 4.69) is 22.2 Å². The zero-order valence-corrected chi connectivity index (χ0v) is 17.2. The van der Waals surface area contributed by atoms with E-state index >= 15 is 0 Å². The Labute approximate surface area is 161 Å². The van der Waals surface area contributed by atoms with Gasteiger partial charge in [0.2, 0.25) is 5.91 Å². The molecule has 4 N–H and O–H groups in total. The Hall–Kier alpha value is -0.380. The molecule has 150 valence electrons. The van der Waals surface area contributed by atoms with Gasteiger partial charge in [-0.2, -0.15) is 0 Å². The maximum atomic E-state index is 12.5. The van der Waals surface area contributed by atoms with Crippen LogP contribution in [-0.2, 0) is 4.79 Å². The first-order chi connectivity index (χ1) is 12.3. The molecule has 3 aliphatic rings. The Morgan fingerprint density at radius 1 is 1.19 bits per heavy atom. The van der Waals surface area contributed by atoms with Crippen LogP contribution in [0, 0.1) is 5.92 Å². The second-order valence-electron chi connectivity index (χ2n) is 8.40. The van der Waals surface area contributed by atoms with Gasteiger partial charge in [0.1, 0.15) is 6.23 Å². The van der Waals surface area contributed by atoms with E-state index in [9.17, 15) is 9.90 Å². The van der Waals surface area contributed by atoms with Crippen molar-refractivity contribution in [1.82, 2.24) is 20.0 Å². The molecule has 3 fully saturated rings. The van der Waals surface area contributed by atoms with E-state index in [0.717, 1.165) is 57.9 Å². The number of carbonyl (C=O) groups excluding carboxylic acids is 1. The van der Waals surface area contributed by atoms with Gasteiger partial charge in [0.05, 0.1) is 17.0 Å².